The van der Waals surface area contributed by atoms with Gasteiger partial charge in [0.15, 0.2) is 0 Å². The van der Waals surface area contributed by atoms with Crippen LogP contribution in [-0.4, -0.2) is 45.2 Å². The van der Waals surface area contributed by atoms with Crippen LogP contribution < -0.4 is 19.9 Å². The quantitative estimate of drug-likeness (QED) is 0.557. The molecule has 5 rings (SSSR count). The number of methoxy groups -OCH3 is 1. The molecule has 1 saturated heterocycles. The number of fused-ring (bicyclic) bond motifs is 3. The van der Waals surface area contributed by atoms with Crippen molar-refractivity contribution in [2.75, 3.05) is 43.1 Å². The van der Waals surface area contributed by atoms with Crippen LogP contribution in [0, 0.1) is 5.92 Å². The number of ether oxygens (including phenoxy) is 1. The van der Waals surface area contributed by atoms with Crippen molar-refractivity contribution in [3.05, 3.63) is 75.4 Å². The summed E-state index contributed by atoms with van der Waals surface area (Å²) in [6.45, 7) is 3.09. The highest BCUT2D eigenvalue weighted by molar-refractivity contribution is 7.09. The van der Waals surface area contributed by atoms with Gasteiger partial charge in [0, 0.05) is 41.8 Å². The first-order valence-corrected chi connectivity index (χ1v) is 12.6. The highest BCUT2D eigenvalue weighted by Crippen LogP contribution is 2.39. The van der Waals surface area contributed by atoms with Gasteiger partial charge >= 0.3 is 0 Å². The zero-order valence-electron chi connectivity index (χ0n) is 18.7. The zero-order valence-corrected chi connectivity index (χ0v) is 20.2. The standard InChI is InChI=1S/C26H28ClN3O2S/c1-32-25-9-8-19(27)16-23(25)29-12-13-30-22-7-3-2-5-18(22)15-21(24(30)17-29)26(31)28-11-10-20-6-4-14-33-20/h2-9,14,16,21,24H,10-13,15,17H2,1H3,(H,28,31)/t21-,24-/m1/s1. The summed E-state index contributed by atoms with van der Waals surface area (Å²) in [6, 6.07) is 18.5. The number of benzene rings is 2. The van der Waals surface area contributed by atoms with Gasteiger partial charge in [-0.1, -0.05) is 35.9 Å². The molecule has 172 valence electrons. The first kappa shape index (κ1) is 22.1. The Labute approximate surface area is 203 Å². The highest BCUT2D eigenvalue weighted by atomic mass is 35.5. The van der Waals surface area contributed by atoms with Gasteiger partial charge < -0.3 is 19.9 Å². The second-order valence-electron chi connectivity index (χ2n) is 8.58. The smallest absolute Gasteiger partial charge is 0.225 e. The van der Waals surface area contributed by atoms with E-state index in [1.165, 1.54) is 16.1 Å². The van der Waals surface area contributed by atoms with Crippen LogP contribution >= 0.6 is 22.9 Å². The Morgan fingerprint density at radius 2 is 2.03 bits per heavy atom. The summed E-state index contributed by atoms with van der Waals surface area (Å²) in [4.78, 5) is 19.4. The molecule has 2 aromatic carbocycles. The van der Waals surface area contributed by atoms with E-state index < -0.39 is 0 Å². The van der Waals surface area contributed by atoms with Crippen LogP contribution in [0.4, 0.5) is 11.4 Å². The summed E-state index contributed by atoms with van der Waals surface area (Å²) in [5.74, 6) is 0.827. The maximum Gasteiger partial charge on any atom is 0.225 e. The molecule has 33 heavy (non-hydrogen) atoms. The summed E-state index contributed by atoms with van der Waals surface area (Å²) >= 11 is 8.05. The fourth-order valence-electron chi connectivity index (χ4n) is 5.08. The molecule has 1 aromatic heterocycles. The Kier molecular flexibility index (Phi) is 6.47. The molecule has 1 N–H and O–H groups in total. The minimum absolute atomic E-state index is 0.0825. The molecule has 0 spiro atoms. The third-order valence-corrected chi connectivity index (χ3v) is 7.86. The molecular weight excluding hydrogens is 454 g/mol. The first-order chi connectivity index (χ1) is 16.1. The number of piperazine rings is 1. The average Bonchev–Trinajstić information content (AvgIpc) is 3.36. The number of carbonyl (C=O) groups excluding carboxylic acids is 1. The minimum atomic E-state index is -0.115. The number of para-hydroxylation sites is 1. The number of rotatable bonds is 6. The van der Waals surface area contributed by atoms with Crippen molar-refractivity contribution in [2.45, 2.75) is 18.9 Å². The van der Waals surface area contributed by atoms with E-state index in [1.54, 1.807) is 18.4 Å². The van der Waals surface area contributed by atoms with E-state index in [-0.39, 0.29) is 17.9 Å². The van der Waals surface area contributed by atoms with E-state index in [0.29, 0.717) is 11.6 Å². The minimum Gasteiger partial charge on any atom is -0.495 e. The van der Waals surface area contributed by atoms with Crippen molar-refractivity contribution >= 4 is 40.2 Å². The number of carbonyl (C=O) groups is 1. The van der Waals surface area contributed by atoms with Gasteiger partial charge in [0.2, 0.25) is 5.91 Å². The normalized spacial score (nSPS) is 19.6. The van der Waals surface area contributed by atoms with Crippen LogP contribution in [0.15, 0.2) is 60.0 Å². The van der Waals surface area contributed by atoms with E-state index in [9.17, 15) is 4.79 Å². The number of hydrogen-bond donors (Lipinski definition) is 1. The number of nitrogens with one attached hydrogen (secondary N) is 1. The fourth-order valence-corrected chi connectivity index (χ4v) is 5.96. The lowest BCUT2D eigenvalue weighted by molar-refractivity contribution is -0.125. The summed E-state index contributed by atoms with van der Waals surface area (Å²) in [6.07, 6.45) is 1.62. The molecule has 1 fully saturated rings. The number of thiophene rings is 1. The maximum atomic E-state index is 13.4. The van der Waals surface area contributed by atoms with Crippen molar-refractivity contribution in [3.63, 3.8) is 0 Å². The molecule has 0 saturated carbocycles. The van der Waals surface area contributed by atoms with Gasteiger partial charge in [-0.2, -0.15) is 0 Å². The second kappa shape index (κ2) is 9.65. The number of halogens is 1. The summed E-state index contributed by atoms with van der Waals surface area (Å²) in [5.41, 5.74) is 3.49. The molecule has 7 heteroatoms. The van der Waals surface area contributed by atoms with Crippen LogP contribution in [0.1, 0.15) is 10.4 Å². The lowest BCUT2D eigenvalue weighted by atomic mass is 9.83. The van der Waals surface area contributed by atoms with Crippen LogP contribution in [0.3, 0.4) is 0 Å². The molecule has 2 aliphatic heterocycles. The van der Waals surface area contributed by atoms with Gasteiger partial charge in [-0.15, -0.1) is 11.3 Å². The first-order valence-electron chi connectivity index (χ1n) is 11.4. The van der Waals surface area contributed by atoms with Gasteiger partial charge in [-0.3, -0.25) is 4.79 Å². The monoisotopic (exact) mass is 481 g/mol. The number of nitrogens with zero attached hydrogens (tertiary/aromatic N) is 2. The predicted molar refractivity (Wildman–Crippen MR) is 136 cm³/mol. The van der Waals surface area contributed by atoms with Crippen LogP contribution in [0.5, 0.6) is 5.75 Å². The average molecular weight is 482 g/mol. The van der Waals surface area contributed by atoms with Crippen molar-refractivity contribution < 1.29 is 9.53 Å². The summed E-state index contributed by atoms with van der Waals surface area (Å²) < 4.78 is 5.62. The molecule has 5 nitrogen and oxygen atoms in total. The Bertz CT molecular complexity index is 1120. The van der Waals surface area contributed by atoms with E-state index in [0.717, 1.165) is 43.9 Å². The van der Waals surface area contributed by atoms with Crippen molar-refractivity contribution in [1.82, 2.24) is 5.32 Å². The van der Waals surface area contributed by atoms with Crippen molar-refractivity contribution in [3.8, 4) is 5.75 Å². The van der Waals surface area contributed by atoms with Gasteiger partial charge in [-0.25, -0.2) is 0 Å². The fraction of sp³-hybridized carbons (Fsp3) is 0.346. The van der Waals surface area contributed by atoms with Gasteiger partial charge in [0.1, 0.15) is 5.75 Å². The topological polar surface area (TPSA) is 44.8 Å². The van der Waals surface area contributed by atoms with Crippen LogP contribution in [0.2, 0.25) is 5.02 Å². The third kappa shape index (κ3) is 4.55. The Morgan fingerprint density at radius 3 is 2.85 bits per heavy atom. The molecule has 2 aliphatic rings. The van der Waals surface area contributed by atoms with E-state index in [2.05, 4.69) is 56.9 Å². The van der Waals surface area contributed by atoms with Crippen molar-refractivity contribution in [1.29, 1.82) is 0 Å². The summed E-state index contributed by atoms with van der Waals surface area (Å²) in [7, 11) is 1.68. The highest BCUT2D eigenvalue weighted by Gasteiger charge is 2.41. The molecule has 0 aliphatic carbocycles. The number of hydrogen-bond acceptors (Lipinski definition) is 5. The van der Waals surface area contributed by atoms with E-state index in [1.807, 2.05) is 18.2 Å². The molecule has 0 radical (unpaired) electrons. The molecule has 2 atom stereocenters. The molecule has 1 amide bonds. The molecule has 3 aromatic rings. The SMILES string of the molecule is COc1ccc(Cl)cc1N1CCN2c3ccccc3C[C@@H](C(=O)NCCc3cccs3)[C@H]2C1. The lowest BCUT2D eigenvalue weighted by Gasteiger charge is -2.49. The second-order valence-corrected chi connectivity index (χ2v) is 10.1. The Morgan fingerprint density at radius 1 is 1.15 bits per heavy atom. The molecule has 0 bridgehead atoms. The number of amides is 1. The van der Waals surface area contributed by atoms with Crippen LogP contribution in [-0.2, 0) is 17.6 Å². The van der Waals surface area contributed by atoms with E-state index in [4.69, 9.17) is 16.3 Å². The zero-order chi connectivity index (χ0) is 22.8. The largest absolute Gasteiger partial charge is 0.495 e. The van der Waals surface area contributed by atoms with Gasteiger partial charge in [0.25, 0.3) is 0 Å². The Balaban J connectivity index is 1.39. The number of anilines is 2. The molecular formula is C26H28ClN3O2S. The van der Waals surface area contributed by atoms with Gasteiger partial charge in [-0.05, 0) is 54.1 Å². The van der Waals surface area contributed by atoms with Gasteiger partial charge in [0.05, 0.1) is 24.8 Å². The maximum absolute atomic E-state index is 13.4. The van der Waals surface area contributed by atoms with Crippen molar-refractivity contribution in [2.24, 2.45) is 5.92 Å². The Hall–Kier alpha value is -2.70. The lowest BCUT2D eigenvalue weighted by Crippen LogP contribution is -2.61. The molecule has 3 heterocycles. The van der Waals surface area contributed by atoms with Crippen LogP contribution in [0.25, 0.3) is 0 Å². The molecule has 0 unspecified atom stereocenters. The summed E-state index contributed by atoms with van der Waals surface area (Å²) in [5, 5.41) is 5.98. The third-order valence-electron chi connectivity index (χ3n) is 6.69. The van der Waals surface area contributed by atoms with E-state index >= 15 is 0 Å². The predicted octanol–water partition coefficient (Wildman–Crippen LogP) is 4.64.